The van der Waals surface area contributed by atoms with E-state index >= 15 is 0 Å². The van der Waals surface area contributed by atoms with Gasteiger partial charge >= 0.3 is 0 Å². The number of hydrogen-bond donors (Lipinski definition) is 0. The average Bonchev–Trinajstić information content (AvgIpc) is 3.43. The summed E-state index contributed by atoms with van der Waals surface area (Å²) in [6.45, 7) is 2.77. The first kappa shape index (κ1) is 18.0. The number of ether oxygens (including phenoxy) is 1. The Morgan fingerprint density at radius 1 is 1.10 bits per heavy atom. The number of anilines is 1. The molecule has 3 aromatic heterocycles. The molecule has 0 saturated carbocycles. The summed E-state index contributed by atoms with van der Waals surface area (Å²) in [4.78, 5) is 22.2. The van der Waals surface area contributed by atoms with E-state index in [0.29, 0.717) is 26.2 Å². The van der Waals surface area contributed by atoms with Crippen molar-refractivity contribution < 1.29 is 9.53 Å². The fourth-order valence-electron chi connectivity index (χ4n) is 3.71. The van der Waals surface area contributed by atoms with Gasteiger partial charge in [0.25, 0.3) is 0 Å². The molecule has 4 aromatic rings. The molecule has 0 N–H and O–H groups in total. The molecule has 29 heavy (non-hydrogen) atoms. The smallest absolute Gasteiger partial charge is 0.248 e. The second-order valence-corrected chi connectivity index (χ2v) is 7.84. The Morgan fingerprint density at radius 2 is 1.93 bits per heavy atom. The van der Waals surface area contributed by atoms with E-state index in [1.807, 2.05) is 51.1 Å². The maximum atomic E-state index is 12.1. The summed E-state index contributed by atoms with van der Waals surface area (Å²) >= 11 is 1.63. The number of para-hydroxylation sites is 1. The maximum absolute atomic E-state index is 12.1. The van der Waals surface area contributed by atoms with Crippen molar-refractivity contribution in [3.05, 3.63) is 41.8 Å². The Kier molecular flexibility index (Phi) is 4.61. The third-order valence-electron chi connectivity index (χ3n) is 5.15. The van der Waals surface area contributed by atoms with Crippen molar-refractivity contribution in [3.8, 4) is 10.7 Å². The van der Waals surface area contributed by atoms with E-state index in [9.17, 15) is 4.79 Å². The van der Waals surface area contributed by atoms with Crippen LogP contribution >= 0.6 is 11.3 Å². The number of aromatic nitrogens is 4. The molecule has 1 fully saturated rings. The van der Waals surface area contributed by atoms with Crippen LogP contribution in [0.15, 0.2) is 41.8 Å². The number of rotatable bonds is 4. The summed E-state index contributed by atoms with van der Waals surface area (Å²) in [5, 5.41) is 12.0. The molecular weight excluding hydrogens is 388 g/mol. The molecule has 0 unspecified atom stereocenters. The number of thiophene rings is 1. The zero-order valence-corrected chi connectivity index (χ0v) is 16.8. The standard InChI is InChI=1S/C20H20N6O2S/c1-28-13-17(27)24-8-10-25(11-9-24)20-21-15-6-3-2-5-14(15)18-22-23-19(26(18)20)16-7-4-12-29-16/h2-7,12H,8-11,13H2,1H3. The van der Waals surface area contributed by atoms with Gasteiger partial charge in [0.05, 0.1) is 10.4 Å². The molecule has 1 saturated heterocycles. The van der Waals surface area contributed by atoms with Crippen LogP contribution in [0.1, 0.15) is 0 Å². The second kappa shape index (κ2) is 7.41. The predicted octanol–water partition coefficient (Wildman–Crippen LogP) is 2.30. The summed E-state index contributed by atoms with van der Waals surface area (Å²) in [6, 6.07) is 12.0. The number of fused-ring (bicyclic) bond motifs is 3. The van der Waals surface area contributed by atoms with Crippen LogP contribution in [0.2, 0.25) is 0 Å². The zero-order valence-electron chi connectivity index (χ0n) is 16.0. The van der Waals surface area contributed by atoms with Crippen LogP contribution in [0, 0.1) is 0 Å². The van der Waals surface area contributed by atoms with Crippen LogP contribution in [0.3, 0.4) is 0 Å². The minimum Gasteiger partial charge on any atom is -0.375 e. The fraction of sp³-hybridized carbons (Fsp3) is 0.300. The Morgan fingerprint density at radius 3 is 2.69 bits per heavy atom. The molecule has 8 nitrogen and oxygen atoms in total. The fourth-order valence-corrected chi connectivity index (χ4v) is 4.41. The molecule has 0 radical (unpaired) electrons. The molecule has 0 bridgehead atoms. The molecule has 9 heteroatoms. The van der Waals surface area contributed by atoms with Crippen LogP contribution in [0.4, 0.5) is 5.95 Å². The van der Waals surface area contributed by atoms with Crippen molar-refractivity contribution in [3.63, 3.8) is 0 Å². The van der Waals surface area contributed by atoms with Gasteiger partial charge in [-0.05, 0) is 23.6 Å². The van der Waals surface area contributed by atoms with Gasteiger partial charge in [-0.2, -0.15) is 0 Å². The molecule has 5 rings (SSSR count). The van der Waals surface area contributed by atoms with Crippen LogP contribution in [-0.2, 0) is 9.53 Å². The van der Waals surface area contributed by atoms with Gasteiger partial charge in [-0.3, -0.25) is 4.79 Å². The number of nitrogens with zero attached hydrogens (tertiary/aromatic N) is 6. The Bertz CT molecular complexity index is 1160. The van der Waals surface area contributed by atoms with Crippen LogP contribution in [0.25, 0.3) is 27.3 Å². The molecule has 1 aromatic carbocycles. The van der Waals surface area contributed by atoms with Gasteiger partial charge in [-0.1, -0.05) is 18.2 Å². The normalized spacial score (nSPS) is 14.8. The number of methoxy groups -OCH3 is 1. The number of carbonyl (C=O) groups excluding carboxylic acids is 1. The van der Waals surface area contributed by atoms with E-state index in [4.69, 9.17) is 9.72 Å². The molecule has 1 amide bonds. The highest BCUT2D eigenvalue weighted by Crippen LogP contribution is 2.30. The molecule has 0 atom stereocenters. The van der Waals surface area contributed by atoms with Crippen molar-refractivity contribution in [2.45, 2.75) is 0 Å². The van der Waals surface area contributed by atoms with Crippen molar-refractivity contribution in [1.29, 1.82) is 0 Å². The summed E-state index contributed by atoms with van der Waals surface area (Å²) in [5.41, 5.74) is 1.69. The van der Waals surface area contributed by atoms with E-state index < -0.39 is 0 Å². The van der Waals surface area contributed by atoms with Gasteiger partial charge in [0.1, 0.15) is 6.61 Å². The Labute approximate surface area is 171 Å². The highest BCUT2D eigenvalue weighted by Gasteiger charge is 2.26. The van der Waals surface area contributed by atoms with Gasteiger partial charge in [0, 0.05) is 38.7 Å². The van der Waals surface area contributed by atoms with Crippen molar-refractivity contribution in [1.82, 2.24) is 24.5 Å². The summed E-state index contributed by atoms with van der Waals surface area (Å²) in [5.74, 6) is 1.62. The quantitative estimate of drug-likeness (QED) is 0.516. The molecule has 148 valence electrons. The van der Waals surface area contributed by atoms with Gasteiger partial charge in [0.2, 0.25) is 11.9 Å². The molecular formula is C20H20N6O2S. The summed E-state index contributed by atoms with van der Waals surface area (Å²) in [6.07, 6.45) is 0. The van der Waals surface area contributed by atoms with Crippen LogP contribution < -0.4 is 4.90 Å². The van der Waals surface area contributed by atoms with Crippen LogP contribution in [-0.4, -0.2) is 70.3 Å². The molecule has 1 aliphatic heterocycles. The Balaban J connectivity index is 1.59. The topological polar surface area (TPSA) is 75.9 Å². The van der Waals surface area contributed by atoms with Gasteiger partial charge < -0.3 is 14.5 Å². The van der Waals surface area contributed by atoms with Gasteiger partial charge in [-0.25, -0.2) is 9.38 Å². The van der Waals surface area contributed by atoms with E-state index in [1.54, 1.807) is 18.4 Å². The number of carbonyl (C=O) groups is 1. The predicted molar refractivity (Wildman–Crippen MR) is 112 cm³/mol. The lowest BCUT2D eigenvalue weighted by molar-refractivity contribution is -0.135. The number of hydrogen-bond acceptors (Lipinski definition) is 7. The largest absolute Gasteiger partial charge is 0.375 e. The maximum Gasteiger partial charge on any atom is 0.248 e. The lowest BCUT2D eigenvalue weighted by Gasteiger charge is -2.35. The summed E-state index contributed by atoms with van der Waals surface area (Å²) in [7, 11) is 1.54. The summed E-state index contributed by atoms with van der Waals surface area (Å²) < 4.78 is 7.03. The SMILES string of the molecule is COCC(=O)N1CCN(c2nc3ccccc3c3nnc(-c4cccs4)n23)CC1. The Hall–Kier alpha value is -3.04. The molecule has 0 aliphatic carbocycles. The van der Waals surface area contributed by atoms with E-state index in [1.165, 1.54) is 0 Å². The first-order valence-corrected chi connectivity index (χ1v) is 10.3. The van der Waals surface area contributed by atoms with Crippen molar-refractivity contribution >= 4 is 39.7 Å². The second-order valence-electron chi connectivity index (χ2n) is 6.89. The third kappa shape index (κ3) is 3.12. The lowest BCUT2D eigenvalue weighted by Crippen LogP contribution is -2.50. The third-order valence-corrected chi connectivity index (χ3v) is 6.02. The highest BCUT2D eigenvalue weighted by atomic mass is 32.1. The van der Waals surface area contributed by atoms with E-state index in [2.05, 4.69) is 15.1 Å². The van der Waals surface area contributed by atoms with Crippen molar-refractivity contribution in [2.24, 2.45) is 0 Å². The van der Waals surface area contributed by atoms with Gasteiger partial charge in [0.15, 0.2) is 11.5 Å². The highest BCUT2D eigenvalue weighted by molar-refractivity contribution is 7.13. The molecule has 4 heterocycles. The van der Waals surface area contributed by atoms with E-state index in [-0.39, 0.29) is 12.5 Å². The monoisotopic (exact) mass is 408 g/mol. The minimum absolute atomic E-state index is 0.0207. The van der Waals surface area contributed by atoms with Crippen molar-refractivity contribution in [2.75, 3.05) is 44.8 Å². The van der Waals surface area contributed by atoms with Gasteiger partial charge in [-0.15, -0.1) is 21.5 Å². The number of piperazine rings is 1. The average molecular weight is 408 g/mol. The molecule has 0 spiro atoms. The van der Waals surface area contributed by atoms with Crippen LogP contribution in [0.5, 0.6) is 0 Å². The zero-order chi connectivity index (χ0) is 19.8. The first-order valence-electron chi connectivity index (χ1n) is 9.45. The first-order chi connectivity index (χ1) is 14.3. The lowest BCUT2D eigenvalue weighted by atomic mass is 10.2. The minimum atomic E-state index is 0.0207. The number of amides is 1. The molecule has 1 aliphatic rings. The number of benzene rings is 1. The van der Waals surface area contributed by atoms with E-state index in [0.717, 1.165) is 33.2 Å².